The van der Waals surface area contributed by atoms with E-state index in [0.29, 0.717) is 5.92 Å². The van der Waals surface area contributed by atoms with E-state index in [-0.39, 0.29) is 6.04 Å². The van der Waals surface area contributed by atoms with Gasteiger partial charge >= 0.3 is 0 Å². The Hall–Kier alpha value is -4.49. The summed E-state index contributed by atoms with van der Waals surface area (Å²) >= 11 is 0. The standard InChI is InChI=1S/C42H37N/c1-26-23-32-25-40-37-12-5-4-11-36(37)38-15-8-16-39(42(38)40)41(32)33(26)13-6-9-28-17-22-35-31(24-28)10-7-14-34(35)30-20-18-29(19-21-30)27(2)43-3/h4,6,8-9,11,13-22,24-27H,3,5,7,10,12,23H2,1-2H3/b9-6+,33-13+. The summed E-state index contributed by atoms with van der Waals surface area (Å²) in [5.41, 5.74) is 18.3. The van der Waals surface area contributed by atoms with Crippen molar-refractivity contribution in [3.63, 3.8) is 0 Å². The predicted octanol–water partition coefficient (Wildman–Crippen LogP) is 10.8. The quantitative estimate of drug-likeness (QED) is 0.217. The van der Waals surface area contributed by atoms with Crippen LogP contribution in [0.5, 0.6) is 0 Å². The Morgan fingerprint density at radius 3 is 2.65 bits per heavy atom. The monoisotopic (exact) mass is 555 g/mol. The molecular weight excluding hydrogens is 518 g/mol. The van der Waals surface area contributed by atoms with Crippen molar-refractivity contribution >= 4 is 45.9 Å². The third kappa shape index (κ3) is 4.25. The lowest BCUT2D eigenvalue weighted by Crippen LogP contribution is -2.02. The van der Waals surface area contributed by atoms with Crippen molar-refractivity contribution in [3.8, 4) is 0 Å². The third-order valence-electron chi connectivity index (χ3n) is 10.1. The van der Waals surface area contributed by atoms with Crippen molar-refractivity contribution in [2.24, 2.45) is 10.9 Å². The number of benzene rings is 4. The van der Waals surface area contributed by atoms with E-state index in [9.17, 15) is 0 Å². The molecule has 2 atom stereocenters. The Balaban J connectivity index is 1.10. The van der Waals surface area contributed by atoms with Crippen molar-refractivity contribution in [2.45, 2.75) is 52.0 Å². The first kappa shape index (κ1) is 26.2. The molecule has 0 amide bonds. The van der Waals surface area contributed by atoms with E-state index >= 15 is 0 Å². The maximum Gasteiger partial charge on any atom is 0.0713 e. The molecule has 210 valence electrons. The van der Waals surface area contributed by atoms with E-state index < -0.39 is 0 Å². The van der Waals surface area contributed by atoms with E-state index in [0.717, 1.165) is 32.1 Å². The molecule has 2 unspecified atom stereocenters. The van der Waals surface area contributed by atoms with E-state index in [1.54, 1.807) is 5.57 Å². The minimum absolute atomic E-state index is 0.126. The number of allylic oxidation sites excluding steroid dienone is 8. The summed E-state index contributed by atoms with van der Waals surface area (Å²) in [5, 5.41) is 2.91. The molecule has 0 fully saturated rings. The van der Waals surface area contributed by atoms with Crippen LogP contribution in [0.15, 0.2) is 102 Å². The van der Waals surface area contributed by atoms with E-state index in [2.05, 4.69) is 129 Å². The largest absolute Gasteiger partial charge is 0.293 e. The zero-order valence-corrected chi connectivity index (χ0v) is 25.2. The summed E-state index contributed by atoms with van der Waals surface area (Å²) in [6, 6.07) is 25.4. The zero-order valence-electron chi connectivity index (χ0n) is 25.2. The molecule has 0 saturated carbocycles. The molecule has 0 aliphatic heterocycles. The van der Waals surface area contributed by atoms with Gasteiger partial charge in [0.2, 0.25) is 0 Å². The Morgan fingerprint density at radius 1 is 0.907 bits per heavy atom. The Labute approximate surface area is 255 Å². The maximum atomic E-state index is 4.17. The highest BCUT2D eigenvalue weighted by atomic mass is 14.7. The molecule has 0 heterocycles. The third-order valence-corrected chi connectivity index (χ3v) is 10.1. The minimum Gasteiger partial charge on any atom is -0.293 e. The summed E-state index contributed by atoms with van der Waals surface area (Å²) in [6.45, 7) is 8.18. The van der Waals surface area contributed by atoms with Gasteiger partial charge in [0.25, 0.3) is 0 Å². The molecule has 1 nitrogen and oxygen atoms in total. The van der Waals surface area contributed by atoms with Crippen LogP contribution < -0.4 is 0 Å². The highest BCUT2D eigenvalue weighted by Crippen LogP contribution is 2.51. The van der Waals surface area contributed by atoms with E-state index in [1.165, 1.54) is 77.6 Å². The average Bonchev–Trinajstić information content (AvgIpc) is 3.55. The summed E-state index contributed by atoms with van der Waals surface area (Å²) < 4.78 is 0. The molecule has 4 aromatic rings. The minimum atomic E-state index is 0.126. The van der Waals surface area contributed by atoms with Gasteiger partial charge in [0, 0.05) is 0 Å². The maximum absolute atomic E-state index is 4.17. The molecule has 8 rings (SSSR count). The van der Waals surface area contributed by atoms with Crippen LogP contribution in [-0.2, 0) is 12.8 Å². The van der Waals surface area contributed by atoms with Gasteiger partial charge in [-0.1, -0.05) is 110 Å². The molecule has 0 radical (unpaired) electrons. The van der Waals surface area contributed by atoms with Crippen LogP contribution >= 0.6 is 0 Å². The highest BCUT2D eigenvalue weighted by molar-refractivity contribution is 6.18. The van der Waals surface area contributed by atoms with Crippen molar-refractivity contribution in [1.82, 2.24) is 0 Å². The zero-order chi connectivity index (χ0) is 29.1. The van der Waals surface area contributed by atoms with Gasteiger partial charge in [-0.3, -0.25) is 4.99 Å². The first-order valence-electron chi connectivity index (χ1n) is 15.9. The molecule has 1 heteroatoms. The van der Waals surface area contributed by atoms with Gasteiger partial charge in [-0.15, -0.1) is 0 Å². The number of aliphatic imine (C=N–C) groups is 1. The lowest BCUT2D eigenvalue weighted by molar-refractivity contribution is 0.780. The number of aryl methyl sites for hydroxylation is 1. The Morgan fingerprint density at radius 2 is 1.79 bits per heavy atom. The molecule has 4 aliphatic rings. The number of fused-ring (bicyclic) bond motifs is 5. The molecule has 0 spiro atoms. The first-order valence-corrected chi connectivity index (χ1v) is 15.9. The van der Waals surface area contributed by atoms with Gasteiger partial charge in [0.1, 0.15) is 0 Å². The second-order valence-corrected chi connectivity index (χ2v) is 12.7. The van der Waals surface area contributed by atoms with Gasteiger partial charge in [0.15, 0.2) is 0 Å². The van der Waals surface area contributed by atoms with Crippen LogP contribution in [-0.4, -0.2) is 6.72 Å². The highest BCUT2D eigenvalue weighted by Gasteiger charge is 2.31. The van der Waals surface area contributed by atoms with E-state index in [4.69, 9.17) is 0 Å². The second kappa shape index (κ2) is 10.3. The summed E-state index contributed by atoms with van der Waals surface area (Å²) in [6.07, 6.45) is 19.7. The van der Waals surface area contributed by atoms with Gasteiger partial charge in [-0.25, -0.2) is 0 Å². The fourth-order valence-corrected chi connectivity index (χ4v) is 7.89. The van der Waals surface area contributed by atoms with Crippen molar-refractivity contribution < 1.29 is 0 Å². The van der Waals surface area contributed by atoms with Crippen molar-refractivity contribution in [1.29, 1.82) is 0 Å². The molecule has 0 saturated heterocycles. The Kier molecular flexibility index (Phi) is 6.30. The van der Waals surface area contributed by atoms with Crippen molar-refractivity contribution in [3.05, 3.63) is 147 Å². The molecule has 4 aromatic carbocycles. The van der Waals surface area contributed by atoms with Gasteiger partial charge < -0.3 is 0 Å². The fourth-order valence-electron chi connectivity index (χ4n) is 7.89. The molecule has 4 aliphatic carbocycles. The van der Waals surface area contributed by atoms with Gasteiger partial charge in [-0.05, 0) is 135 Å². The topological polar surface area (TPSA) is 12.4 Å². The van der Waals surface area contributed by atoms with Crippen LogP contribution in [0.2, 0.25) is 0 Å². The van der Waals surface area contributed by atoms with Crippen LogP contribution in [0.1, 0.15) is 89.2 Å². The summed E-state index contributed by atoms with van der Waals surface area (Å²) in [4.78, 5) is 4.17. The van der Waals surface area contributed by atoms with Crippen LogP contribution in [0.3, 0.4) is 0 Å². The predicted molar refractivity (Wildman–Crippen MR) is 185 cm³/mol. The Bertz CT molecular complexity index is 1970. The van der Waals surface area contributed by atoms with Crippen LogP contribution in [0, 0.1) is 5.92 Å². The summed E-state index contributed by atoms with van der Waals surface area (Å²) in [5.74, 6) is 0.522. The van der Waals surface area contributed by atoms with Crippen LogP contribution in [0.4, 0.5) is 0 Å². The molecule has 0 aromatic heterocycles. The van der Waals surface area contributed by atoms with Crippen LogP contribution in [0.25, 0.3) is 39.1 Å². The second-order valence-electron chi connectivity index (χ2n) is 12.7. The molecule has 0 N–H and O–H groups in total. The van der Waals surface area contributed by atoms with Crippen molar-refractivity contribution in [2.75, 3.05) is 0 Å². The summed E-state index contributed by atoms with van der Waals surface area (Å²) in [7, 11) is 0. The lowest BCUT2D eigenvalue weighted by atomic mass is 9.85. The number of hydrogen-bond acceptors (Lipinski definition) is 1. The fraction of sp³-hybridized carbons (Fsp3) is 0.214. The number of nitrogens with zero attached hydrogens (tertiary/aromatic N) is 1. The number of hydrogen-bond donors (Lipinski definition) is 0. The smallest absolute Gasteiger partial charge is 0.0713 e. The molecule has 0 bridgehead atoms. The lowest BCUT2D eigenvalue weighted by Gasteiger charge is -2.19. The first-order chi connectivity index (χ1) is 21.1. The van der Waals surface area contributed by atoms with Gasteiger partial charge in [0.05, 0.1) is 6.04 Å². The molecular formula is C42H37N. The van der Waals surface area contributed by atoms with Gasteiger partial charge in [-0.2, -0.15) is 0 Å². The van der Waals surface area contributed by atoms with E-state index in [1.807, 2.05) is 0 Å². The number of rotatable bonds is 5. The average molecular weight is 556 g/mol. The molecule has 43 heavy (non-hydrogen) atoms. The normalized spacial score (nSPS) is 20.0. The SMILES string of the molecule is C=NC(C)c1ccc(C2=CCCc3cc(/C=C/C=C4/c5c(cc6c7c(cccc57)C5=C6CCC=C5)CC4C)ccc32)cc1.